The van der Waals surface area contributed by atoms with E-state index in [1.165, 1.54) is 0 Å². The first kappa shape index (κ1) is 8.12. The Hall–Kier alpha value is -1.98. The smallest absolute Gasteiger partial charge is 0.206 e. The lowest BCUT2D eigenvalue weighted by molar-refractivity contribution is -0.543. The first-order valence-corrected chi connectivity index (χ1v) is 3.18. The topological polar surface area (TPSA) is 89.2 Å². The summed E-state index contributed by atoms with van der Waals surface area (Å²) in [5, 5.41) is 19.7. The second-order valence-corrected chi connectivity index (χ2v) is 1.92. The molecule has 1 aromatic rings. The number of rotatable bonds is 2. The van der Waals surface area contributed by atoms with Gasteiger partial charge in [-0.15, -0.1) is 0 Å². The monoisotopic (exact) mass is 165 g/mol. The second kappa shape index (κ2) is 4.02. The largest absolute Gasteiger partial charge is 0.673 e. The normalized spacial score (nSPS) is 12.2. The lowest BCUT2D eigenvalue weighted by Crippen LogP contribution is -2.06. The Bertz CT molecular complexity index is 290. The van der Waals surface area contributed by atoms with Crippen LogP contribution in [0.2, 0.25) is 0 Å². The molecule has 6 nitrogen and oxygen atoms in total. The molecule has 6 heteroatoms. The highest BCUT2D eigenvalue weighted by atomic mass is 16.5. The highest BCUT2D eigenvalue weighted by molar-refractivity contribution is 5.34. The van der Waals surface area contributed by atoms with E-state index in [0.29, 0.717) is 5.69 Å². The predicted molar refractivity (Wildman–Crippen MR) is 41.2 cm³/mol. The van der Waals surface area contributed by atoms with Crippen molar-refractivity contribution in [3.05, 3.63) is 35.5 Å². The summed E-state index contributed by atoms with van der Waals surface area (Å²) in [6, 6.07) is 8.89. The van der Waals surface area contributed by atoms with E-state index in [9.17, 15) is 5.21 Å². The van der Waals surface area contributed by atoms with Gasteiger partial charge in [-0.2, -0.15) is 0 Å². The standard InChI is InChI=1S/C6H7N5O/c7-11(12)10-9-8-6-4-2-1-3-5-6/h1-5H,(H2,7,8,10). The minimum atomic E-state index is -0.160. The lowest BCUT2D eigenvalue weighted by atomic mass is 10.3. The Morgan fingerprint density at radius 2 is 1.92 bits per heavy atom. The van der Waals surface area contributed by atoms with Gasteiger partial charge >= 0.3 is 0 Å². The van der Waals surface area contributed by atoms with Crippen LogP contribution in [0, 0.1) is 5.21 Å². The Morgan fingerprint density at radius 1 is 1.25 bits per heavy atom. The van der Waals surface area contributed by atoms with Crippen LogP contribution in [0.4, 0.5) is 5.69 Å². The van der Waals surface area contributed by atoms with Crippen molar-refractivity contribution < 1.29 is 4.97 Å². The zero-order valence-electron chi connectivity index (χ0n) is 6.16. The molecule has 0 saturated carbocycles. The molecule has 0 saturated heterocycles. The van der Waals surface area contributed by atoms with Gasteiger partial charge in [0.25, 0.3) is 0 Å². The van der Waals surface area contributed by atoms with Crippen LogP contribution in [0.5, 0.6) is 0 Å². The summed E-state index contributed by atoms with van der Waals surface area (Å²) < 4.78 is 0. The van der Waals surface area contributed by atoms with E-state index < -0.39 is 0 Å². The molecule has 0 heterocycles. The van der Waals surface area contributed by atoms with E-state index in [1.54, 1.807) is 24.3 Å². The minimum Gasteiger partial charge on any atom is -0.673 e. The maximum atomic E-state index is 10.0. The first-order valence-electron chi connectivity index (χ1n) is 3.18. The summed E-state index contributed by atoms with van der Waals surface area (Å²) in [6.07, 6.45) is 0. The van der Waals surface area contributed by atoms with Crippen LogP contribution in [0.25, 0.3) is 0 Å². The van der Waals surface area contributed by atoms with Gasteiger partial charge < -0.3 is 5.21 Å². The van der Waals surface area contributed by atoms with Crippen molar-refractivity contribution in [1.29, 1.82) is 0 Å². The molecule has 0 radical (unpaired) electrons. The third kappa shape index (κ3) is 2.74. The van der Waals surface area contributed by atoms with Crippen LogP contribution < -0.4 is 5.84 Å². The van der Waals surface area contributed by atoms with Crippen molar-refractivity contribution in [3.8, 4) is 0 Å². The van der Waals surface area contributed by atoms with E-state index in [2.05, 4.69) is 21.4 Å². The van der Waals surface area contributed by atoms with Crippen molar-refractivity contribution in [2.24, 2.45) is 21.4 Å². The quantitative estimate of drug-likeness (QED) is 0.311. The molecule has 0 aliphatic rings. The minimum absolute atomic E-state index is 0.160. The van der Waals surface area contributed by atoms with Crippen LogP contribution in [-0.2, 0) is 0 Å². The first-order chi connectivity index (χ1) is 5.79. The van der Waals surface area contributed by atoms with Gasteiger partial charge in [0.2, 0.25) is 5.22 Å². The van der Waals surface area contributed by atoms with Gasteiger partial charge in [-0.1, -0.05) is 23.2 Å². The Balaban J connectivity index is 2.64. The van der Waals surface area contributed by atoms with Gasteiger partial charge in [0, 0.05) is 0 Å². The van der Waals surface area contributed by atoms with Crippen LogP contribution in [0.1, 0.15) is 0 Å². The van der Waals surface area contributed by atoms with Gasteiger partial charge in [0.15, 0.2) is 5.22 Å². The summed E-state index contributed by atoms with van der Waals surface area (Å²) in [6.45, 7) is 0. The summed E-state index contributed by atoms with van der Waals surface area (Å²) in [5.41, 5.74) is 0.614. The van der Waals surface area contributed by atoms with Gasteiger partial charge in [0.1, 0.15) is 5.69 Å². The molecule has 0 spiro atoms. The number of hydrogen-bond acceptors (Lipinski definition) is 2. The number of hydrogen-bond donors (Lipinski definition) is 1. The van der Waals surface area contributed by atoms with Crippen molar-refractivity contribution in [1.82, 2.24) is 0 Å². The molecule has 0 unspecified atom stereocenters. The number of nitrogens with two attached hydrogens (primary N) is 1. The van der Waals surface area contributed by atoms with Crippen LogP contribution in [0.3, 0.4) is 0 Å². The zero-order chi connectivity index (χ0) is 8.81. The third-order valence-electron chi connectivity index (χ3n) is 1.04. The molecule has 0 atom stereocenters. The van der Waals surface area contributed by atoms with Gasteiger partial charge in [-0.05, 0) is 17.2 Å². The van der Waals surface area contributed by atoms with Gasteiger partial charge in [-0.25, -0.2) is 5.84 Å². The van der Waals surface area contributed by atoms with E-state index in [0.717, 1.165) is 0 Å². The summed E-state index contributed by atoms with van der Waals surface area (Å²) in [5.74, 6) is 4.61. The van der Waals surface area contributed by atoms with E-state index in [4.69, 9.17) is 0 Å². The molecular weight excluding hydrogens is 158 g/mol. The second-order valence-electron chi connectivity index (χ2n) is 1.92. The van der Waals surface area contributed by atoms with E-state index >= 15 is 0 Å². The van der Waals surface area contributed by atoms with E-state index in [1.807, 2.05) is 6.07 Å². The highest BCUT2D eigenvalue weighted by Gasteiger charge is 1.88. The summed E-state index contributed by atoms with van der Waals surface area (Å²) >= 11 is 0. The van der Waals surface area contributed by atoms with Gasteiger partial charge in [0.05, 0.1) is 0 Å². The zero-order valence-corrected chi connectivity index (χ0v) is 6.16. The van der Waals surface area contributed by atoms with Crippen molar-refractivity contribution in [3.63, 3.8) is 0 Å². The summed E-state index contributed by atoms with van der Waals surface area (Å²) in [7, 11) is 0. The average Bonchev–Trinajstić information content (AvgIpc) is 2.05. The van der Waals surface area contributed by atoms with Crippen LogP contribution >= 0.6 is 0 Å². The maximum absolute atomic E-state index is 10.0. The SMILES string of the molecule is N[N+]([O-])=NN=Nc1ccccc1. The third-order valence-corrected chi connectivity index (χ3v) is 1.04. The molecule has 1 aromatic carbocycles. The van der Waals surface area contributed by atoms with Gasteiger partial charge in [-0.3, -0.25) is 0 Å². The molecule has 0 aliphatic carbocycles. The van der Waals surface area contributed by atoms with E-state index in [-0.39, 0.29) is 4.97 Å². The molecule has 1 rings (SSSR count). The predicted octanol–water partition coefficient (Wildman–Crippen LogP) is 1.52. The number of nitrogens with zero attached hydrogens (tertiary/aromatic N) is 4. The van der Waals surface area contributed by atoms with Crippen LogP contribution in [0.15, 0.2) is 45.9 Å². The summed E-state index contributed by atoms with van der Waals surface area (Å²) in [4.78, 5) is -0.160. The van der Waals surface area contributed by atoms with Crippen molar-refractivity contribution in [2.45, 2.75) is 0 Å². The lowest BCUT2D eigenvalue weighted by Gasteiger charge is -1.87. The highest BCUT2D eigenvalue weighted by Crippen LogP contribution is 2.09. The molecule has 12 heavy (non-hydrogen) atoms. The Morgan fingerprint density at radius 3 is 2.50 bits per heavy atom. The molecule has 62 valence electrons. The Kier molecular flexibility index (Phi) is 2.72. The molecule has 0 aliphatic heterocycles. The fourth-order valence-electron chi connectivity index (χ4n) is 0.606. The molecule has 2 N–H and O–H groups in total. The maximum Gasteiger partial charge on any atom is 0.206 e. The average molecular weight is 165 g/mol. The molecule has 0 fully saturated rings. The Labute approximate surface area is 68.6 Å². The fourth-order valence-corrected chi connectivity index (χ4v) is 0.606. The molecule has 0 aromatic heterocycles. The number of benzene rings is 1. The number of hydrazine groups is 1. The molecule has 0 bridgehead atoms. The van der Waals surface area contributed by atoms with Crippen LogP contribution in [-0.4, -0.2) is 4.97 Å². The molecule has 0 amide bonds. The van der Waals surface area contributed by atoms with Crippen molar-refractivity contribution in [2.75, 3.05) is 0 Å². The fraction of sp³-hybridized carbons (Fsp3) is 0. The van der Waals surface area contributed by atoms with Crippen molar-refractivity contribution >= 4 is 5.69 Å². The molecular formula is C6H7N5O.